The standard InChI is InChI=1S/C22H29NO/c1-4-17-9-10-22(24-3)14-20(17)11-12-23-15-21-13-19(18-7-8-18)6-5-16(21)2/h5-6,9-10,13-14,18,23H,4,7-8,11-12,15H2,1-3H3. The Balaban J connectivity index is 1.56. The number of hydrogen-bond donors (Lipinski definition) is 1. The first-order valence-corrected chi connectivity index (χ1v) is 9.17. The first-order valence-electron chi connectivity index (χ1n) is 9.17. The van der Waals surface area contributed by atoms with Gasteiger partial charge in [0, 0.05) is 6.54 Å². The van der Waals surface area contributed by atoms with Gasteiger partial charge in [-0.15, -0.1) is 0 Å². The zero-order valence-corrected chi connectivity index (χ0v) is 15.2. The second-order valence-electron chi connectivity index (χ2n) is 6.88. The van der Waals surface area contributed by atoms with E-state index in [4.69, 9.17) is 4.74 Å². The molecular weight excluding hydrogens is 294 g/mol. The SMILES string of the molecule is CCc1ccc(OC)cc1CCNCc1cc(C2CC2)ccc1C. The van der Waals surface area contributed by atoms with E-state index >= 15 is 0 Å². The van der Waals surface area contributed by atoms with E-state index in [1.807, 2.05) is 0 Å². The summed E-state index contributed by atoms with van der Waals surface area (Å²) in [4.78, 5) is 0. The Morgan fingerprint density at radius 2 is 1.88 bits per heavy atom. The minimum Gasteiger partial charge on any atom is -0.497 e. The Kier molecular flexibility index (Phi) is 5.57. The van der Waals surface area contributed by atoms with Crippen molar-refractivity contribution in [1.29, 1.82) is 0 Å². The molecule has 0 amide bonds. The first kappa shape index (κ1) is 17.0. The van der Waals surface area contributed by atoms with Gasteiger partial charge in [-0.25, -0.2) is 0 Å². The normalized spacial score (nSPS) is 14.0. The van der Waals surface area contributed by atoms with Crippen molar-refractivity contribution in [3.8, 4) is 5.75 Å². The summed E-state index contributed by atoms with van der Waals surface area (Å²) >= 11 is 0. The smallest absolute Gasteiger partial charge is 0.119 e. The molecule has 24 heavy (non-hydrogen) atoms. The Bertz CT molecular complexity index is 688. The van der Waals surface area contributed by atoms with E-state index in [0.717, 1.165) is 37.6 Å². The van der Waals surface area contributed by atoms with Gasteiger partial charge in [-0.2, -0.15) is 0 Å². The van der Waals surface area contributed by atoms with Gasteiger partial charge in [0.15, 0.2) is 0 Å². The molecule has 0 unspecified atom stereocenters. The highest BCUT2D eigenvalue weighted by atomic mass is 16.5. The predicted molar refractivity (Wildman–Crippen MR) is 101 cm³/mol. The minimum atomic E-state index is 0.827. The molecule has 2 heteroatoms. The van der Waals surface area contributed by atoms with Crippen LogP contribution in [0, 0.1) is 6.92 Å². The zero-order valence-electron chi connectivity index (χ0n) is 15.2. The molecule has 0 spiro atoms. The Hall–Kier alpha value is -1.80. The number of benzene rings is 2. The van der Waals surface area contributed by atoms with Gasteiger partial charge in [-0.05, 0) is 85.0 Å². The maximum absolute atomic E-state index is 5.37. The predicted octanol–water partition coefficient (Wildman–Crippen LogP) is 4.78. The zero-order chi connectivity index (χ0) is 16.9. The van der Waals surface area contributed by atoms with E-state index in [-0.39, 0.29) is 0 Å². The van der Waals surface area contributed by atoms with Gasteiger partial charge < -0.3 is 10.1 Å². The van der Waals surface area contributed by atoms with Crippen LogP contribution < -0.4 is 10.1 Å². The first-order chi connectivity index (χ1) is 11.7. The summed E-state index contributed by atoms with van der Waals surface area (Å²) in [6, 6.07) is 13.4. The topological polar surface area (TPSA) is 21.3 Å². The lowest BCUT2D eigenvalue weighted by Gasteiger charge is -2.12. The van der Waals surface area contributed by atoms with Gasteiger partial charge in [0.1, 0.15) is 5.75 Å². The number of methoxy groups -OCH3 is 1. The molecule has 3 rings (SSSR count). The van der Waals surface area contributed by atoms with Crippen LogP contribution in [-0.2, 0) is 19.4 Å². The van der Waals surface area contributed by atoms with Gasteiger partial charge in [-0.3, -0.25) is 0 Å². The highest BCUT2D eigenvalue weighted by molar-refractivity contribution is 5.36. The van der Waals surface area contributed by atoms with E-state index in [2.05, 4.69) is 55.6 Å². The van der Waals surface area contributed by atoms with Crippen molar-refractivity contribution in [2.75, 3.05) is 13.7 Å². The molecule has 0 saturated heterocycles. The van der Waals surface area contributed by atoms with Crippen LogP contribution >= 0.6 is 0 Å². The lowest BCUT2D eigenvalue weighted by Crippen LogP contribution is -2.18. The number of ether oxygens (including phenoxy) is 1. The number of hydrogen-bond acceptors (Lipinski definition) is 2. The maximum Gasteiger partial charge on any atom is 0.119 e. The Morgan fingerprint density at radius 3 is 2.58 bits per heavy atom. The number of rotatable bonds is 8. The molecule has 0 atom stereocenters. The summed E-state index contributed by atoms with van der Waals surface area (Å²) in [5, 5.41) is 3.63. The molecule has 2 nitrogen and oxygen atoms in total. The third-order valence-electron chi connectivity index (χ3n) is 5.10. The van der Waals surface area contributed by atoms with Gasteiger partial charge >= 0.3 is 0 Å². The van der Waals surface area contributed by atoms with Crippen LogP contribution in [0.1, 0.15) is 53.5 Å². The fourth-order valence-electron chi connectivity index (χ4n) is 3.31. The van der Waals surface area contributed by atoms with Crippen LogP contribution in [0.15, 0.2) is 36.4 Å². The molecule has 0 radical (unpaired) electrons. The fraction of sp³-hybridized carbons (Fsp3) is 0.455. The molecule has 0 aliphatic heterocycles. The van der Waals surface area contributed by atoms with Crippen LogP contribution in [0.3, 0.4) is 0 Å². The average molecular weight is 323 g/mol. The van der Waals surface area contributed by atoms with Crippen LogP contribution in [0.4, 0.5) is 0 Å². The number of nitrogens with one attached hydrogen (secondary N) is 1. The fourth-order valence-corrected chi connectivity index (χ4v) is 3.31. The molecule has 0 aromatic heterocycles. The number of aryl methyl sites for hydroxylation is 2. The van der Waals surface area contributed by atoms with Crippen LogP contribution in [-0.4, -0.2) is 13.7 Å². The van der Waals surface area contributed by atoms with Crippen molar-refractivity contribution < 1.29 is 4.74 Å². The van der Waals surface area contributed by atoms with Crippen molar-refractivity contribution in [2.45, 2.75) is 52.0 Å². The Morgan fingerprint density at radius 1 is 1.04 bits per heavy atom. The molecule has 2 aromatic rings. The van der Waals surface area contributed by atoms with Gasteiger partial charge in [0.05, 0.1) is 7.11 Å². The van der Waals surface area contributed by atoms with E-state index < -0.39 is 0 Å². The average Bonchev–Trinajstić information content (AvgIpc) is 3.45. The lowest BCUT2D eigenvalue weighted by molar-refractivity contribution is 0.414. The largest absolute Gasteiger partial charge is 0.497 e. The van der Waals surface area contributed by atoms with Gasteiger partial charge in [0.25, 0.3) is 0 Å². The van der Waals surface area contributed by atoms with Crippen LogP contribution in [0.5, 0.6) is 5.75 Å². The van der Waals surface area contributed by atoms with Crippen LogP contribution in [0.25, 0.3) is 0 Å². The highest BCUT2D eigenvalue weighted by Gasteiger charge is 2.23. The minimum absolute atomic E-state index is 0.827. The maximum atomic E-state index is 5.37. The summed E-state index contributed by atoms with van der Waals surface area (Å²) in [5.41, 5.74) is 7.18. The summed E-state index contributed by atoms with van der Waals surface area (Å²) in [5.74, 6) is 1.78. The van der Waals surface area contributed by atoms with Crippen molar-refractivity contribution in [3.63, 3.8) is 0 Å². The second-order valence-corrected chi connectivity index (χ2v) is 6.88. The summed E-state index contributed by atoms with van der Waals surface area (Å²) in [7, 11) is 1.73. The molecule has 1 saturated carbocycles. The van der Waals surface area contributed by atoms with Gasteiger partial charge in [-0.1, -0.05) is 31.2 Å². The molecule has 2 aromatic carbocycles. The monoisotopic (exact) mass is 323 g/mol. The summed E-state index contributed by atoms with van der Waals surface area (Å²) in [6.07, 6.45) is 4.85. The second kappa shape index (κ2) is 7.85. The van der Waals surface area contributed by atoms with Crippen molar-refractivity contribution >= 4 is 0 Å². The summed E-state index contributed by atoms with van der Waals surface area (Å²) < 4.78 is 5.37. The van der Waals surface area contributed by atoms with E-state index in [1.165, 1.54) is 40.7 Å². The molecule has 0 heterocycles. The third-order valence-corrected chi connectivity index (χ3v) is 5.10. The van der Waals surface area contributed by atoms with E-state index in [1.54, 1.807) is 7.11 Å². The van der Waals surface area contributed by atoms with Crippen LogP contribution in [0.2, 0.25) is 0 Å². The highest BCUT2D eigenvalue weighted by Crippen LogP contribution is 2.40. The summed E-state index contributed by atoms with van der Waals surface area (Å²) in [6.45, 7) is 6.38. The molecule has 128 valence electrons. The molecule has 1 aliphatic carbocycles. The van der Waals surface area contributed by atoms with Crippen molar-refractivity contribution in [2.24, 2.45) is 0 Å². The molecule has 1 aliphatic rings. The van der Waals surface area contributed by atoms with E-state index in [9.17, 15) is 0 Å². The molecule has 1 N–H and O–H groups in total. The molecule has 1 fully saturated rings. The lowest BCUT2D eigenvalue weighted by atomic mass is 10.0. The Labute approximate surface area is 146 Å². The van der Waals surface area contributed by atoms with Gasteiger partial charge in [0.2, 0.25) is 0 Å². The van der Waals surface area contributed by atoms with E-state index in [0.29, 0.717) is 0 Å². The quantitative estimate of drug-likeness (QED) is 0.706. The van der Waals surface area contributed by atoms with Crippen molar-refractivity contribution in [3.05, 3.63) is 64.2 Å². The molecule has 0 bridgehead atoms. The van der Waals surface area contributed by atoms with Crippen molar-refractivity contribution in [1.82, 2.24) is 5.32 Å². The third kappa shape index (κ3) is 4.18. The molecular formula is C22H29NO.